The van der Waals surface area contributed by atoms with Gasteiger partial charge in [0.05, 0.1) is 12.9 Å². The van der Waals surface area contributed by atoms with Crippen LogP contribution in [0.25, 0.3) is 0 Å². The third-order valence-corrected chi connectivity index (χ3v) is 1.43. The molecule has 0 radical (unpaired) electrons. The molecule has 0 aromatic carbocycles. The Morgan fingerprint density at radius 2 is 2.00 bits per heavy atom. The minimum atomic E-state index is -1.83. The number of carbonyl (C=O) groups is 2. The van der Waals surface area contributed by atoms with Gasteiger partial charge in [0.15, 0.2) is 5.78 Å². The second-order valence-electron chi connectivity index (χ2n) is 2.42. The zero-order chi connectivity index (χ0) is 10.3. The summed E-state index contributed by atoms with van der Waals surface area (Å²) in [6.07, 6.45) is 2.30. The summed E-state index contributed by atoms with van der Waals surface area (Å²) in [7, 11) is 1.60. The second kappa shape index (κ2) is 6.05. The van der Waals surface area contributed by atoms with Crippen molar-refractivity contribution >= 4 is 11.9 Å². The van der Waals surface area contributed by atoms with E-state index < -0.39 is 6.16 Å². The van der Waals surface area contributed by atoms with Gasteiger partial charge >= 0.3 is 6.16 Å². The van der Waals surface area contributed by atoms with Crippen molar-refractivity contribution in [2.45, 2.75) is 19.3 Å². The third kappa shape index (κ3) is 6.86. The first-order chi connectivity index (χ1) is 6.06. The Balaban J connectivity index is 0.000000310. The SMILES string of the molecule is COC1=CC(=O)CCC1.O=C(O)O. The number of carboxylic acid groups (broad SMARTS) is 2. The minimum Gasteiger partial charge on any atom is -0.501 e. The van der Waals surface area contributed by atoms with Crippen LogP contribution in [-0.4, -0.2) is 29.3 Å². The predicted molar refractivity (Wildman–Crippen MR) is 44.6 cm³/mol. The maximum Gasteiger partial charge on any atom is 0.503 e. The molecule has 74 valence electrons. The summed E-state index contributed by atoms with van der Waals surface area (Å²) in [5, 5.41) is 13.9. The summed E-state index contributed by atoms with van der Waals surface area (Å²) in [5.41, 5.74) is 0. The average molecular weight is 188 g/mol. The van der Waals surface area contributed by atoms with Crippen LogP contribution in [0.2, 0.25) is 0 Å². The first kappa shape index (κ1) is 11.5. The molecular weight excluding hydrogens is 176 g/mol. The highest BCUT2D eigenvalue weighted by molar-refractivity contribution is 5.90. The maximum atomic E-state index is 10.7. The number of ether oxygens (including phenoxy) is 1. The van der Waals surface area contributed by atoms with Crippen molar-refractivity contribution < 1.29 is 24.5 Å². The Bertz CT molecular complexity index is 215. The summed E-state index contributed by atoms with van der Waals surface area (Å²) >= 11 is 0. The Hall–Kier alpha value is -1.52. The van der Waals surface area contributed by atoms with Crippen molar-refractivity contribution in [3.8, 4) is 0 Å². The number of methoxy groups -OCH3 is 1. The molecule has 0 heterocycles. The van der Waals surface area contributed by atoms with E-state index in [1.807, 2.05) is 0 Å². The normalized spacial score (nSPS) is 15.2. The molecule has 2 N–H and O–H groups in total. The van der Waals surface area contributed by atoms with Gasteiger partial charge in [-0.05, 0) is 6.42 Å². The molecule has 0 fully saturated rings. The van der Waals surface area contributed by atoms with Crippen molar-refractivity contribution in [1.29, 1.82) is 0 Å². The van der Waals surface area contributed by atoms with E-state index >= 15 is 0 Å². The van der Waals surface area contributed by atoms with Gasteiger partial charge in [0.25, 0.3) is 0 Å². The van der Waals surface area contributed by atoms with Gasteiger partial charge in [-0.3, -0.25) is 4.79 Å². The lowest BCUT2D eigenvalue weighted by atomic mass is 10.1. The standard InChI is InChI=1S/C7H10O2.CH2O3/c1-9-7-4-2-3-6(8)5-7;2-1(3)4/h5H,2-4H2,1H3;(H2,2,3,4). The maximum absolute atomic E-state index is 10.7. The summed E-state index contributed by atoms with van der Waals surface area (Å²) < 4.78 is 4.90. The number of allylic oxidation sites excluding steroid dienone is 2. The summed E-state index contributed by atoms with van der Waals surface area (Å²) in [5.74, 6) is 1.02. The first-order valence-electron chi connectivity index (χ1n) is 3.75. The molecule has 1 rings (SSSR count). The summed E-state index contributed by atoms with van der Waals surface area (Å²) in [4.78, 5) is 19.2. The van der Waals surface area contributed by atoms with E-state index in [2.05, 4.69) is 0 Å². The van der Waals surface area contributed by atoms with E-state index in [4.69, 9.17) is 19.7 Å². The molecule has 0 aliphatic heterocycles. The molecule has 13 heavy (non-hydrogen) atoms. The van der Waals surface area contributed by atoms with Crippen molar-refractivity contribution in [2.24, 2.45) is 0 Å². The van der Waals surface area contributed by atoms with Crippen molar-refractivity contribution in [1.82, 2.24) is 0 Å². The minimum absolute atomic E-state index is 0.193. The number of hydrogen-bond acceptors (Lipinski definition) is 3. The molecule has 0 atom stereocenters. The zero-order valence-corrected chi connectivity index (χ0v) is 7.32. The fourth-order valence-electron chi connectivity index (χ4n) is 0.922. The Morgan fingerprint density at radius 1 is 1.46 bits per heavy atom. The molecule has 0 aromatic heterocycles. The van der Waals surface area contributed by atoms with E-state index in [0.29, 0.717) is 6.42 Å². The fraction of sp³-hybridized carbons (Fsp3) is 0.500. The molecule has 0 aromatic rings. The highest BCUT2D eigenvalue weighted by Gasteiger charge is 2.08. The van der Waals surface area contributed by atoms with E-state index in [1.54, 1.807) is 13.2 Å². The smallest absolute Gasteiger partial charge is 0.501 e. The van der Waals surface area contributed by atoms with Gasteiger partial charge in [-0.15, -0.1) is 0 Å². The lowest BCUT2D eigenvalue weighted by molar-refractivity contribution is -0.115. The molecule has 1 aliphatic carbocycles. The monoisotopic (exact) mass is 188 g/mol. The highest BCUT2D eigenvalue weighted by atomic mass is 16.6. The summed E-state index contributed by atoms with van der Waals surface area (Å²) in [6, 6.07) is 0. The van der Waals surface area contributed by atoms with Gasteiger partial charge in [0.2, 0.25) is 0 Å². The van der Waals surface area contributed by atoms with Crippen LogP contribution in [0.15, 0.2) is 11.8 Å². The lowest BCUT2D eigenvalue weighted by Crippen LogP contribution is -2.03. The van der Waals surface area contributed by atoms with Crippen molar-refractivity contribution in [3.63, 3.8) is 0 Å². The molecule has 1 aliphatic rings. The number of carbonyl (C=O) groups excluding carboxylic acids is 1. The molecule has 0 bridgehead atoms. The zero-order valence-electron chi connectivity index (χ0n) is 7.32. The average Bonchev–Trinajstić information content (AvgIpc) is 2.03. The van der Waals surface area contributed by atoms with Gasteiger partial charge in [0.1, 0.15) is 0 Å². The van der Waals surface area contributed by atoms with E-state index in [-0.39, 0.29) is 5.78 Å². The first-order valence-corrected chi connectivity index (χ1v) is 3.75. The van der Waals surface area contributed by atoms with Gasteiger partial charge in [0, 0.05) is 18.9 Å². The van der Waals surface area contributed by atoms with Gasteiger partial charge in [-0.1, -0.05) is 0 Å². The van der Waals surface area contributed by atoms with Crippen LogP contribution in [0.4, 0.5) is 4.79 Å². The van der Waals surface area contributed by atoms with Gasteiger partial charge < -0.3 is 14.9 Å². The van der Waals surface area contributed by atoms with Crippen LogP contribution in [0.5, 0.6) is 0 Å². The number of rotatable bonds is 1. The Labute approximate surface area is 75.6 Å². The van der Waals surface area contributed by atoms with E-state index in [1.165, 1.54) is 0 Å². The van der Waals surface area contributed by atoms with Crippen LogP contribution >= 0.6 is 0 Å². The lowest BCUT2D eigenvalue weighted by Gasteiger charge is -2.08. The molecule has 0 saturated heterocycles. The molecule has 5 heteroatoms. The molecule has 0 saturated carbocycles. The number of hydrogen-bond donors (Lipinski definition) is 2. The van der Waals surface area contributed by atoms with E-state index in [9.17, 15) is 4.79 Å². The van der Waals surface area contributed by atoms with Crippen LogP contribution in [0.3, 0.4) is 0 Å². The number of ketones is 1. The van der Waals surface area contributed by atoms with Gasteiger partial charge in [-0.2, -0.15) is 0 Å². The Morgan fingerprint density at radius 3 is 2.31 bits per heavy atom. The fourth-order valence-corrected chi connectivity index (χ4v) is 0.922. The molecule has 0 unspecified atom stereocenters. The van der Waals surface area contributed by atoms with Crippen molar-refractivity contribution in [2.75, 3.05) is 7.11 Å². The van der Waals surface area contributed by atoms with Crippen molar-refractivity contribution in [3.05, 3.63) is 11.8 Å². The van der Waals surface area contributed by atoms with Crippen LogP contribution in [-0.2, 0) is 9.53 Å². The van der Waals surface area contributed by atoms with E-state index in [0.717, 1.165) is 18.6 Å². The quantitative estimate of drug-likeness (QED) is 0.651. The molecular formula is C8H12O5. The van der Waals surface area contributed by atoms with Gasteiger partial charge in [-0.25, -0.2) is 4.79 Å². The van der Waals surface area contributed by atoms with Crippen LogP contribution < -0.4 is 0 Å². The predicted octanol–water partition coefficient (Wildman–Crippen LogP) is 1.49. The molecule has 5 nitrogen and oxygen atoms in total. The highest BCUT2D eigenvalue weighted by Crippen LogP contribution is 2.14. The topological polar surface area (TPSA) is 83.8 Å². The largest absolute Gasteiger partial charge is 0.503 e. The third-order valence-electron chi connectivity index (χ3n) is 1.43. The summed E-state index contributed by atoms with van der Waals surface area (Å²) in [6.45, 7) is 0. The second-order valence-corrected chi connectivity index (χ2v) is 2.42. The molecule has 0 amide bonds. The van der Waals surface area contributed by atoms with Crippen LogP contribution in [0, 0.1) is 0 Å². The molecule has 0 spiro atoms. The Kier molecular flexibility index (Phi) is 5.34. The van der Waals surface area contributed by atoms with Crippen LogP contribution in [0.1, 0.15) is 19.3 Å².